The van der Waals surface area contributed by atoms with Crippen LogP contribution in [0.4, 0.5) is 14.9 Å². The number of aromatic nitrogens is 2. The SMILES string of the molecule is N#Cc1ccc(NC(=O)N(CCc2nc3ccccc3[nH]2)Cc2ccc(F)cc2)cc1. The number of imidazole rings is 1. The predicted octanol–water partition coefficient (Wildman–Crippen LogP) is 4.85. The number of rotatable bonds is 6. The molecule has 31 heavy (non-hydrogen) atoms. The number of hydrogen-bond donors (Lipinski definition) is 2. The van der Waals surface area contributed by atoms with Crippen LogP contribution in [0.3, 0.4) is 0 Å². The van der Waals surface area contributed by atoms with Crippen LogP contribution in [0.1, 0.15) is 17.0 Å². The molecule has 6 nitrogen and oxygen atoms in total. The highest BCUT2D eigenvalue weighted by molar-refractivity contribution is 5.89. The molecule has 7 heteroatoms. The number of nitrogens with zero attached hydrogens (tertiary/aromatic N) is 3. The van der Waals surface area contributed by atoms with Crippen LogP contribution in [0.25, 0.3) is 11.0 Å². The molecule has 1 heterocycles. The van der Waals surface area contributed by atoms with Crippen LogP contribution in [0.5, 0.6) is 0 Å². The van der Waals surface area contributed by atoms with Gasteiger partial charge in [0.1, 0.15) is 11.6 Å². The first kappa shape index (κ1) is 20.1. The number of carbonyl (C=O) groups is 1. The maximum absolute atomic E-state index is 13.3. The van der Waals surface area contributed by atoms with Gasteiger partial charge in [0, 0.05) is 25.2 Å². The summed E-state index contributed by atoms with van der Waals surface area (Å²) in [6.07, 6.45) is 0.538. The maximum Gasteiger partial charge on any atom is 0.322 e. The second-order valence-electron chi connectivity index (χ2n) is 7.12. The van der Waals surface area contributed by atoms with Gasteiger partial charge in [0.25, 0.3) is 0 Å². The fourth-order valence-electron chi connectivity index (χ4n) is 3.26. The van der Waals surface area contributed by atoms with Gasteiger partial charge in [-0.15, -0.1) is 0 Å². The lowest BCUT2D eigenvalue weighted by atomic mass is 10.2. The van der Waals surface area contributed by atoms with Crippen molar-refractivity contribution in [1.82, 2.24) is 14.9 Å². The molecule has 0 fully saturated rings. The molecule has 2 amide bonds. The standard InChI is InChI=1S/C24H20FN5O/c25-19-9-5-18(6-10-19)16-30(24(31)27-20-11-7-17(15-26)8-12-20)14-13-23-28-21-3-1-2-4-22(21)29-23/h1-12H,13-14,16H2,(H,27,31)(H,28,29). The largest absolute Gasteiger partial charge is 0.342 e. The van der Waals surface area contributed by atoms with Crippen molar-refractivity contribution in [2.24, 2.45) is 0 Å². The fraction of sp³-hybridized carbons (Fsp3) is 0.125. The number of nitrogens with one attached hydrogen (secondary N) is 2. The van der Waals surface area contributed by atoms with E-state index < -0.39 is 0 Å². The van der Waals surface area contributed by atoms with Gasteiger partial charge >= 0.3 is 6.03 Å². The van der Waals surface area contributed by atoms with Crippen LogP contribution in [0.2, 0.25) is 0 Å². The molecule has 4 rings (SSSR count). The Morgan fingerprint density at radius 1 is 1.06 bits per heavy atom. The Kier molecular flexibility index (Phi) is 5.90. The van der Waals surface area contributed by atoms with Crippen molar-refractivity contribution >= 4 is 22.8 Å². The zero-order chi connectivity index (χ0) is 21.6. The van der Waals surface area contributed by atoms with E-state index in [-0.39, 0.29) is 11.8 Å². The Bertz CT molecular complexity index is 1190. The Morgan fingerprint density at radius 3 is 2.52 bits per heavy atom. The second-order valence-corrected chi connectivity index (χ2v) is 7.12. The average molecular weight is 413 g/mol. The Hall–Kier alpha value is -4.18. The summed E-state index contributed by atoms with van der Waals surface area (Å²) in [5.41, 5.74) is 3.76. The highest BCUT2D eigenvalue weighted by atomic mass is 19.1. The third-order valence-electron chi connectivity index (χ3n) is 4.90. The highest BCUT2D eigenvalue weighted by Crippen LogP contribution is 2.14. The Balaban J connectivity index is 1.50. The number of para-hydroxylation sites is 2. The summed E-state index contributed by atoms with van der Waals surface area (Å²) in [7, 11) is 0. The van der Waals surface area contributed by atoms with E-state index in [0.717, 1.165) is 22.4 Å². The fourth-order valence-corrected chi connectivity index (χ4v) is 3.26. The number of carbonyl (C=O) groups excluding carboxylic acids is 1. The number of fused-ring (bicyclic) bond motifs is 1. The zero-order valence-corrected chi connectivity index (χ0v) is 16.7. The summed E-state index contributed by atoms with van der Waals surface area (Å²) in [4.78, 5) is 22.5. The first-order valence-corrected chi connectivity index (χ1v) is 9.85. The van der Waals surface area contributed by atoms with Crippen LogP contribution < -0.4 is 5.32 Å². The molecular formula is C24H20FN5O. The summed E-state index contributed by atoms with van der Waals surface area (Å²) in [5.74, 6) is 0.469. The van der Waals surface area contributed by atoms with Gasteiger partial charge in [-0.2, -0.15) is 5.26 Å². The van der Waals surface area contributed by atoms with E-state index in [1.54, 1.807) is 41.3 Å². The summed E-state index contributed by atoms with van der Waals surface area (Å²) in [5, 5.41) is 11.8. The first-order chi connectivity index (χ1) is 15.1. The van der Waals surface area contributed by atoms with Gasteiger partial charge < -0.3 is 15.2 Å². The Labute approximate surface area is 179 Å². The van der Waals surface area contributed by atoms with Gasteiger partial charge in [-0.05, 0) is 54.1 Å². The number of H-pyrrole nitrogens is 1. The molecule has 0 bridgehead atoms. The molecule has 0 spiro atoms. The van der Waals surface area contributed by atoms with Gasteiger partial charge in [0.15, 0.2) is 0 Å². The molecule has 0 aliphatic rings. The van der Waals surface area contributed by atoms with E-state index in [2.05, 4.69) is 21.4 Å². The van der Waals surface area contributed by atoms with Crippen molar-refractivity contribution in [2.75, 3.05) is 11.9 Å². The monoisotopic (exact) mass is 413 g/mol. The molecule has 154 valence electrons. The normalized spacial score (nSPS) is 10.6. The molecule has 0 saturated carbocycles. The number of urea groups is 1. The summed E-state index contributed by atoms with van der Waals surface area (Å²) in [6.45, 7) is 0.738. The van der Waals surface area contributed by atoms with E-state index in [1.807, 2.05) is 24.3 Å². The Morgan fingerprint density at radius 2 is 1.81 bits per heavy atom. The third-order valence-corrected chi connectivity index (χ3v) is 4.90. The van der Waals surface area contributed by atoms with Crippen molar-refractivity contribution in [3.05, 3.63) is 95.6 Å². The van der Waals surface area contributed by atoms with Crippen molar-refractivity contribution < 1.29 is 9.18 Å². The molecular weight excluding hydrogens is 393 g/mol. The molecule has 1 aromatic heterocycles. The minimum absolute atomic E-state index is 0.287. The lowest BCUT2D eigenvalue weighted by Gasteiger charge is -2.23. The predicted molar refractivity (Wildman–Crippen MR) is 117 cm³/mol. The minimum atomic E-state index is -0.320. The van der Waals surface area contributed by atoms with Gasteiger partial charge in [-0.1, -0.05) is 24.3 Å². The van der Waals surface area contributed by atoms with Crippen LogP contribution in [0, 0.1) is 17.1 Å². The first-order valence-electron chi connectivity index (χ1n) is 9.85. The number of nitriles is 1. The molecule has 0 saturated heterocycles. The molecule has 0 aliphatic heterocycles. The van der Waals surface area contributed by atoms with E-state index in [9.17, 15) is 9.18 Å². The number of hydrogen-bond acceptors (Lipinski definition) is 3. The molecule has 4 aromatic rings. The number of anilines is 1. The molecule has 0 unspecified atom stereocenters. The van der Waals surface area contributed by atoms with Crippen molar-refractivity contribution in [2.45, 2.75) is 13.0 Å². The summed E-state index contributed by atoms with van der Waals surface area (Å²) in [6, 6.07) is 22.3. The van der Waals surface area contributed by atoms with E-state index >= 15 is 0 Å². The summed E-state index contributed by atoms with van der Waals surface area (Å²) < 4.78 is 13.3. The summed E-state index contributed by atoms with van der Waals surface area (Å²) >= 11 is 0. The van der Waals surface area contributed by atoms with Gasteiger partial charge in [-0.25, -0.2) is 14.2 Å². The van der Waals surface area contributed by atoms with Crippen molar-refractivity contribution in [3.63, 3.8) is 0 Å². The topological polar surface area (TPSA) is 84.8 Å². The van der Waals surface area contributed by atoms with Gasteiger partial charge in [0.2, 0.25) is 0 Å². The van der Waals surface area contributed by atoms with E-state index in [1.165, 1.54) is 12.1 Å². The molecule has 2 N–H and O–H groups in total. The van der Waals surface area contributed by atoms with Crippen LogP contribution in [0.15, 0.2) is 72.8 Å². The third kappa shape index (κ3) is 5.06. The van der Waals surface area contributed by atoms with Crippen molar-refractivity contribution in [3.8, 4) is 6.07 Å². The van der Waals surface area contributed by atoms with Crippen LogP contribution >= 0.6 is 0 Å². The maximum atomic E-state index is 13.3. The molecule has 0 atom stereocenters. The van der Waals surface area contributed by atoms with Crippen LogP contribution in [-0.2, 0) is 13.0 Å². The van der Waals surface area contributed by atoms with E-state index in [4.69, 9.17) is 5.26 Å². The smallest absolute Gasteiger partial charge is 0.322 e. The molecule has 0 radical (unpaired) electrons. The van der Waals surface area contributed by atoms with Gasteiger partial charge in [-0.3, -0.25) is 0 Å². The molecule has 3 aromatic carbocycles. The van der Waals surface area contributed by atoms with Crippen molar-refractivity contribution in [1.29, 1.82) is 5.26 Å². The highest BCUT2D eigenvalue weighted by Gasteiger charge is 2.16. The number of aromatic amines is 1. The average Bonchev–Trinajstić information content (AvgIpc) is 3.21. The lowest BCUT2D eigenvalue weighted by molar-refractivity contribution is 0.209. The minimum Gasteiger partial charge on any atom is -0.342 e. The molecule has 0 aliphatic carbocycles. The lowest BCUT2D eigenvalue weighted by Crippen LogP contribution is -2.36. The second kappa shape index (κ2) is 9.09. The number of halogens is 1. The van der Waals surface area contributed by atoms with E-state index in [0.29, 0.717) is 30.8 Å². The number of benzene rings is 3. The number of amides is 2. The van der Waals surface area contributed by atoms with Crippen LogP contribution in [-0.4, -0.2) is 27.4 Å². The van der Waals surface area contributed by atoms with Gasteiger partial charge in [0.05, 0.1) is 22.7 Å². The quantitative estimate of drug-likeness (QED) is 0.474. The zero-order valence-electron chi connectivity index (χ0n) is 16.7.